The van der Waals surface area contributed by atoms with E-state index in [0.717, 1.165) is 16.5 Å². The first-order chi connectivity index (χ1) is 13.2. The third-order valence-corrected chi connectivity index (χ3v) is 6.38. The molecule has 0 fully saturated rings. The van der Waals surface area contributed by atoms with Crippen LogP contribution < -0.4 is 4.72 Å². The highest BCUT2D eigenvalue weighted by Gasteiger charge is 2.28. The number of benzene rings is 2. The average Bonchev–Trinajstić information content (AvgIpc) is 3.10. The molecule has 0 radical (unpaired) electrons. The number of carbonyl (C=O) groups is 1. The number of hydrogen-bond donors (Lipinski definition) is 1. The third kappa shape index (κ3) is 4.10. The summed E-state index contributed by atoms with van der Waals surface area (Å²) in [6.07, 6.45) is 0. The number of furan rings is 1. The number of hydrogen-bond acceptors (Lipinski definition) is 4. The highest BCUT2D eigenvalue weighted by atomic mass is 32.2. The van der Waals surface area contributed by atoms with Gasteiger partial charge in [-0.3, -0.25) is 4.79 Å². The fourth-order valence-corrected chi connectivity index (χ4v) is 4.16. The summed E-state index contributed by atoms with van der Waals surface area (Å²) >= 11 is 0. The summed E-state index contributed by atoms with van der Waals surface area (Å²) in [5.41, 5.74) is 1.71. The van der Waals surface area contributed by atoms with Gasteiger partial charge in [0.25, 0.3) is 0 Å². The molecule has 0 aliphatic rings. The number of nitrogens with zero attached hydrogens (tertiary/aromatic N) is 1. The van der Waals surface area contributed by atoms with E-state index in [2.05, 4.69) is 4.72 Å². The molecule has 148 valence electrons. The van der Waals surface area contributed by atoms with Gasteiger partial charge in [0.15, 0.2) is 0 Å². The fourth-order valence-electron chi connectivity index (χ4n) is 2.96. The van der Waals surface area contributed by atoms with E-state index in [-0.39, 0.29) is 16.8 Å². The van der Waals surface area contributed by atoms with Gasteiger partial charge in [-0.2, -0.15) is 4.72 Å². The lowest BCUT2D eigenvalue weighted by atomic mass is 10.2. The van der Waals surface area contributed by atoms with Crippen LogP contribution in [0.5, 0.6) is 0 Å². The number of amides is 1. The summed E-state index contributed by atoms with van der Waals surface area (Å²) in [7, 11) is -2.15. The van der Waals surface area contributed by atoms with Crippen molar-refractivity contribution < 1.29 is 17.6 Å². The molecule has 0 saturated carbocycles. The predicted molar refractivity (Wildman–Crippen MR) is 108 cm³/mol. The van der Waals surface area contributed by atoms with E-state index in [1.165, 1.54) is 24.0 Å². The Morgan fingerprint density at radius 2 is 1.71 bits per heavy atom. The number of aryl methyl sites for hydroxylation is 1. The molecule has 0 spiro atoms. The second-order valence-electron chi connectivity index (χ2n) is 6.97. The second kappa shape index (κ2) is 7.77. The molecule has 0 aliphatic carbocycles. The first-order valence-corrected chi connectivity index (χ1v) is 10.5. The summed E-state index contributed by atoms with van der Waals surface area (Å²) < 4.78 is 33.4. The van der Waals surface area contributed by atoms with Crippen LogP contribution in [0.25, 0.3) is 11.0 Å². The molecule has 1 heterocycles. The summed E-state index contributed by atoms with van der Waals surface area (Å²) in [6.45, 7) is 5.26. The lowest BCUT2D eigenvalue weighted by molar-refractivity contribution is -0.133. The molecule has 2 aromatic carbocycles. The van der Waals surface area contributed by atoms with E-state index in [1.54, 1.807) is 19.2 Å². The van der Waals surface area contributed by atoms with Crippen molar-refractivity contribution in [2.75, 3.05) is 7.05 Å². The molecule has 1 N–H and O–H groups in total. The van der Waals surface area contributed by atoms with E-state index < -0.39 is 16.1 Å². The third-order valence-electron chi connectivity index (χ3n) is 4.82. The van der Waals surface area contributed by atoms with Gasteiger partial charge in [0.05, 0.1) is 17.0 Å². The molecule has 2 atom stereocenters. The molecule has 0 unspecified atom stereocenters. The van der Waals surface area contributed by atoms with Gasteiger partial charge < -0.3 is 9.32 Å². The Bertz CT molecular complexity index is 1050. The van der Waals surface area contributed by atoms with Crippen LogP contribution in [-0.2, 0) is 14.8 Å². The molecule has 3 aromatic rings. The van der Waals surface area contributed by atoms with Crippen molar-refractivity contribution in [2.24, 2.45) is 0 Å². The first kappa shape index (κ1) is 20.1. The minimum absolute atomic E-state index is 0.130. The van der Waals surface area contributed by atoms with E-state index >= 15 is 0 Å². The zero-order chi connectivity index (χ0) is 20.5. The van der Waals surface area contributed by atoms with Crippen LogP contribution in [0, 0.1) is 6.92 Å². The molecule has 1 aromatic heterocycles. The quantitative estimate of drug-likeness (QED) is 0.685. The number of sulfonamides is 1. The van der Waals surface area contributed by atoms with Gasteiger partial charge in [-0.15, -0.1) is 0 Å². The molecule has 1 amide bonds. The fraction of sp³-hybridized carbons (Fsp3) is 0.286. The minimum atomic E-state index is -3.79. The Hall–Kier alpha value is -2.64. The average molecular weight is 401 g/mol. The zero-order valence-electron chi connectivity index (χ0n) is 16.3. The standard InChI is InChI=1S/C21H24N2O4S/c1-14-9-11-18(12-10-14)28(25,26)22-15(2)21(24)23(4)16(3)20-13-17-7-5-6-8-19(17)27-20/h5-13,15-16,22H,1-4H3/t15-,16-/m0/s1. The Balaban J connectivity index is 1.73. The maximum absolute atomic E-state index is 12.8. The highest BCUT2D eigenvalue weighted by Crippen LogP contribution is 2.27. The van der Waals surface area contributed by atoms with Crippen LogP contribution in [0.1, 0.15) is 31.2 Å². The summed E-state index contributed by atoms with van der Waals surface area (Å²) in [5.74, 6) is 0.300. The molecule has 6 nitrogen and oxygen atoms in total. The van der Waals surface area contributed by atoms with Gasteiger partial charge in [-0.05, 0) is 45.0 Å². The number of rotatable bonds is 6. The van der Waals surface area contributed by atoms with Crippen molar-refractivity contribution in [2.45, 2.75) is 37.8 Å². The first-order valence-electron chi connectivity index (χ1n) is 9.03. The lowest BCUT2D eigenvalue weighted by Crippen LogP contribution is -2.46. The van der Waals surface area contributed by atoms with Crippen LogP contribution in [0.4, 0.5) is 0 Å². The second-order valence-corrected chi connectivity index (χ2v) is 8.68. The Morgan fingerprint density at radius 1 is 1.07 bits per heavy atom. The Labute approximate surface area is 165 Å². The smallest absolute Gasteiger partial charge is 0.241 e. The highest BCUT2D eigenvalue weighted by molar-refractivity contribution is 7.89. The largest absolute Gasteiger partial charge is 0.459 e. The number of fused-ring (bicyclic) bond motifs is 1. The number of carbonyl (C=O) groups excluding carboxylic acids is 1. The van der Waals surface area contributed by atoms with Gasteiger partial charge in [0.1, 0.15) is 11.3 Å². The zero-order valence-corrected chi connectivity index (χ0v) is 17.2. The number of likely N-dealkylation sites (N-methyl/N-ethyl adjacent to an activating group) is 1. The molecule has 0 saturated heterocycles. The van der Waals surface area contributed by atoms with Crippen molar-refractivity contribution in [3.63, 3.8) is 0 Å². The van der Waals surface area contributed by atoms with E-state index in [4.69, 9.17) is 4.42 Å². The van der Waals surface area contributed by atoms with Crippen LogP contribution in [0.2, 0.25) is 0 Å². The van der Waals surface area contributed by atoms with Gasteiger partial charge in [-0.25, -0.2) is 8.42 Å². The van der Waals surface area contributed by atoms with Crippen molar-refractivity contribution in [3.8, 4) is 0 Å². The van der Waals surface area contributed by atoms with E-state index in [9.17, 15) is 13.2 Å². The molecule has 28 heavy (non-hydrogen) atoms. The summed E-state index contributed by atoms with van der Waals surface area (Å²) in [4.78, 5) is 14.4. The molecular formula is C21H24N2O4S. The minimum Gasteiger partial charge on any atom is -0.459 e. The van der Waals surface area contributed by atoms with Gasteiger partial charge in [-0.1, -0.05) is 35.9 Å². The molecule has 7 heteroatoms. The lowest BCUT2D eigenvalue weighted by Gasteiger charge is -2.26. The van der Waals surface area contributed by atoms with Gasteiger partial charge in [0.2, 0.25) is 15.9 Å². The van der Waals surface area contributed by atoms with Crippen LogP contribution in [0.15, 0.2) is 63.9 Å². The molecule has 0 aliphatic heterocycles. The topological polar surface area (TPSA) is 79.6 Å². The normalized spacial score (nSPS) is 14.0. The predicted octanol–water partition coefficient (Wildman–Crippen LogP) is 3.63. The maximum Gasteiger partial charge on any atom is 0.241 e. The molecule has 0 bridgehead atoms. The molecular weight excluding hydrogens is 376 g/mol. The van der Waals surface area contributed by atoms with Crippen molar-refractivity contribution in [1.82, 2.24) is 9.62 Å². The maximum atomic E-state index is 12.8. The van der Waals surface area contributed by atoms with Crippen molar-refractivity contribution in [1.29, 1.82) is 0 Å². The van der Waals surface area contributed by atoms with Crippen LogP contribution >= 0.6 is 0 Å². The van der Waals surface area contributed by atoms with Gasteiger partial charge in [0, 0.05) is 12.4 Å². The SMILES string of the molecule is Cc1ccc(S(=O)(=O)N[C@@H](C)C(=O)N(C)[C@@H](C)c2cc3ccccc3o2)cc1. The van der Waals surface area contributed by atoms with Gasteiger partial charge >= 0.3 is 0 Å². The number of nitrogens with one attached hydrogen (secondary N) is 1. The van der Waals surface area contributed by atoms with E-state index in [1.807, 2.05) is 44.2 Å². The van der Waals surface area contributed by atoms with E-state index in [0.29, 0.717) is 5.76 Å². The summed E-state index contributed by atoms with van der Waals surface area (Å²) in [5, 5.41) is 0.957. The Kier molecular flexibility index (Phi) is 5.58. The van der Waals surface area contributed by atoms with Crippen LogP contribution in [-0.4, -0.2) is 32.3 Å². The number of para-hydroxylation sites is 1. The van der Waals surface area contributed by atoms with Crippen LogP contribution in [0.3, 0.4) is 0 Å². The van der Waals surface area contributed by atoms with Crippen molar-refractivity contribution in [3.05, 3.63) is 65.9 Å². The molecule has 3 rings (SSSR count). The Morgan fingerprint density at radius 3 is 2.36 bits per heavy atom. The summed E-state index contributed by atoms with van der Waals surface area (Å²) in [6, 6.07) is 14.7. The van der Waals surface area contributed by atoms with Crippen molar-refractivity contribution >= 4 is 26.9 Å². The monoisotopic (exact) mass is 400 g/mol.